The summed E-state index contributed by atoms with van der Waals surface area (Å²) in [7, 11) is 0. The molecule has 0 amide bonds. The average Bonchev–Trinajstić information content (AvgIpc) is 3.34. The third-order valence-electron chi connectivity index (χ3n) is 4.88. The van der Waals surface area contributed by atoms with Crippen LogP contribution in [-0.4, -0.2) is 19.9 Å². The lowest BCUT2D eigenvalue weighted by atomic mass is 10.1. The van der Waals surface area contributed by atoms with Gasteiger partial charge in [-0.05, 0) is 18.2 Å². The number of nitrogen functional groups attached to an aromatic ring is 1. The molecule has 0 saturated carbocycles. The lowest BCUT2D eigenvalue weighted by molar-refractivity contribution is 0.292. The molecule has 0 aliphatic carbocycles. The normalized spacial score (nSPS) is 10.9. The van der Waals surface area contributed by atoms with Gasteiger partial charge in [0.2, 0.25) is 5.95 Å². The Bertz CT molecular complexity index is 1280. The summed E-state index contributed by atoms with van der Waals surface area (Å²) in [6.45, 7) is 0.217. The summed E-state index contributed by atoms with van der Waals surface area (Å²) in [6, 6.07) is 27.8. The van der Waals surface area contributed by atoms with Gasteiger partial charge in [-0.2, -0.15) is 0 Å². The van der Waals surface area contributed by atoms with Crippen LogP contribution in [0, 0.1) is 0 Å². The number of anilines is 2. The highest BCUT2D eigenvalue weighted by atomic mass is 16.5. The molecule has 30 heavy (non-hydrogen) atoms. The summed E-state index contributed by atoms with van der Waals surface area (Å²) >= 11 is 0. The van der Waals surface area contributed by atoms with Crippen LogP contribution in [0.4, 0.5) is 11.6 Å². The number of aromatic amines is 1. The first-order chi connectivity index (χ1) is 14.8. The Balaban J connectivity index is 1.47. The summed E-state index contributed by atoms with van der Waals surface area (Å²) < 4.78 is 7.16. The molecular formula is C23H20N6O. The molecule has 0 atom stereocenters. The van der Waals surface area contributed by atoms with Crippen LogP contribution in [-0.2, 0) is 6.61 Å². The lowest BCUT2D eigenvalue weighted by Gasteiger charge is -2.09. The van der Waals surface area contributed by atoms with E-state index in [1.807, 2.05) is 66.7 Å². The smallest absolute Gasteiger partial charge is 0.248 e. The highest BCUT2D eigenvalue weighted by Gasteiger charge is 2.17. The van der Waals surface area contributed by atoms with E-state index < -0.39 is 0 Å². The van der Waals surface area contributed by atoms with Crippen molar-refractivity contribution in [3.63, 3.8) is 0 Å². The van der Waals surface area contributed by atoms with E-state index >= 15 is 0 Å². The predicted octanol–water partition coefficient (Wildman–Crippen LogP) is 4.46. The fraction of sp³-hybridized carbons (Fsp3) is 0.0435. The number of para-hydroxylation sites is 2. The standard InChI is InChI=1S/C23H20N6O/c24-29-20(15-30-17-11-5-2-6-12-17)27-28-23(29)26-22-18-13-7-8-14-19(18)25-21(22)16-9-3-1-4-10-16/h1-14,25H,15,24H2,(H,26,28). The van der Waals surface area contributed by atoms with Gasteiger partial charge in [-0.15, -0.1) is 10.2 Å². The molecule has 4 N–H and O–H groups in total. The van der Waals surface area contributed by atoms with E-state index in [1.54, 1.807) is 0 Å². The number of nitrogens with zero attached hydrogens (tertiary/aromatic N) is 3. The van der Waals surface area contributed by atoms with Gasteiger partial charge in [0.15, 0.2) is 5.82 Å². The summed E-state index contributed by atoms with van der Waals surface area (Å²) in [6.07, 6.45) is 0. The van der Waals surface area contributed by atoms with E-state index in [9.17, 15) is 0 Å². The Kier molecular flexibility index (Phi) is 4.53. The van der Waals surface area contributed by atoms with Crippen molar-refractivity contribution in [3.8, 4) is 17.0 Å². The number of hydrogen-bond acceptors (Lipinski definition) is 5. The van der Waals surface area contributed by atoms with Crippen molar-refractivity contribution >= 4 is 22.5 Å². The quantitative estimate of drug-likeness (QED) is 0.368. The number of benzene rings is 3. The first-order valence-electron chi connectivity index (χ1n) is 9.60. The Morgan fingerprint density at radius 1 is 0.867 bits per heavy atom. The number of H-pyrrole nitrogens is 1. The van der Waals surface area contributed by atoms with Crippen LogP contribution in [0.5, 0.6) is 5.75 Å². The van der Waals surface area contributed by atoms with E-state index in [-0.39, 0.29) is 6.61 Å². The fourth-order valence-electron chi connectivity index (χ4n) is 3.38. The molecule has 0 unspecified atom stereocenters. The molecule has 0 aliphatic heterocycles. The molecule has 0 fully saturated rings. The maximum atomic E-state index is 6.26. The van der Waals surface area contributed by atoms with Gasteiger partial charge in [0.1, 0.15) is 12.4 Å². The van der Waals surface area contributed by atoms with Crippen molar-refractivity contribution in [1.29, 1.82) is 0 Å². The van der Waals surface area contributed by atoms with Crippen molar-refractivity contribution in [3.05, 3.63) is 90.8 Å². The maximum absolute atomic E-state index is 6.26. The zero-order valence-corrected chi connectivity index (χ0v) is 16.1. The molecule has 7 heteroatoms. The second-order valence-corrected chi connectivity index (χ2v) is 6.82. The van der Waals surface area contributed by atoms with Gasteiger partial charge in [0.25, 0.3) is 0 Å². The molecule has 0 spiro atoms. The Hall–Kier alpha value is -4.26. The highest BCUT2D eigenvalue weighted by molar-refractivity contribution is 6.02. The van der Waals surface area contributed by atoms with Crippen LogP contribution < -0.4 is 15.9 Å². The molecule has 5 rings (SSSR count). The highest BCUT2D eigenvalue weighted by Crippen LogP contribution is 2.36. The molecule has 0 saturated heterocycles. The lowest BCUT2D eigenvalue weighted by Crippen LogP contribution is -2.17. The molecule has 0 aliphatic rings. The van der Waals surface area contributed by atoms with Gasteiger partial charge in [0.05, 0.1) is 11.4 Å². The third kappa shape index (κ3) is 3.33. The number of nitrogens with two attached hydrogens (primary N) is 1. The number of aromatic nitrogens is 4. The minimum Gasteiger partial charge on any atom is -0.486 e. The SMILES string of the molecule is Nn1c(COc2ccccc2)nnc1Nc1c(-c2ccccc2)[nH]c2ccccc12. The van der Waals surface area contributed by atoms with Gasteiger partial charge < -0.3 is 20.9 Å². The van der Waals surface area contributed by atoms with E-state index in [4.69, 9.17) is 10.6 Å². The van der Waals surface area contributed by atoms with E-state index in [0.717, 1.165) is 33.6 Å². The second kappa shape index (κ2) is 7.63. The second-order valence-electron chi connectivity index (χ2n) is 6.82. The molecule has 3 aromatic carbocycles. The maximum Gasteiger partial charge on any atom is 0.248 e. The number of ether oxygens (including phenoxy) is 1. The number of rotatable bonds is 6. The minimum absolute atomic E-state index is 0.217. The van der Waals surface area contributed by atoms with Crippen molar-refractivity contribution in [2.24, 2.45) is 0 Å². The van der Waals surface area contributed by atoms with Gasteiger partial charge in [-0.1, -0.05) is 66.7 Å². The zero-order valence-electron chi connectivity index (χ0n) is 16.1. The van der Waals surface area contributed by atoms with Gasteiger partial charge >= 0.3 is 0 Å². The summed E-state index contributed by atoms with van der Waals surface area (Å²) in [4.78, 5) is 3.49. The van der Waals surface area contributed by atoms with E-state index in [0.29, 0.717) is 11.8 Å². The Morgan fingerprint density at radius 3 is 2.37 bits per heavy atom. The molecule has 2 aromatic heterocycles. The van der Waals surface area contributed by atoms with Crippen LogP contribution in [0.2, 0.25) is 0 Å². The third-order valence-corrected chi connectivity index (χ3v) is 4.88. The minimum atomic E-state index is 0.217. The molecule has 5 aromatic rings. The number of nitrogens with one attached hydrogen (secondary N) is 2. The zero-order chi connectivity index (χ0) is 20.3. The van der Waals surface area contributed by atoms with Crippen molar-refractivity contribution in [2.75, 3.05) is 11.2 Å². The monoisotopic (exact) mass is 396 g/mol. The Labute approximate surface area is 173 Å². The fourth-order valence-corrected chi connectivity index (χ4v) is 3.38. The molecule has 0 bridgehead atoms. The summed E-state index contributed by atoms with van der Waals surface area (Å²) in [5, 5.41) is 12.8. The van der Waals surface area contributed by atoms with E-state index in [2.05, 4.69) is 38.7 Å². The van der Waals surface area contributed by atoms with Gasteiger partial charge in [-0.3, -0.25) is 0 Å². The molecule has 2 heterocycles. The largest absolute Gasteiger partial charge is 0.486 e. The summed E-state index contributed by atoms with van der Waals surface area (Å²) in [5.41, 5.74) is 3.94. The molecule has 148 valence electrons. The van der Waals surface area contributed by atoms with Crippen molar-refractivity contribution in [1.82, 2.24) is 19.9 Å². The van der Waals surface area contributed by atoms with Gasteiger partial charge in [-0.25, -0.2) is 4.68 Å². The molecule has 7 nitrogen and oxygen atoms in total. The summed E-state index contributed by atoms with van der Waals surface area (Å²) in [5.74, 6) is 7.95. The number of fused-ring (bicyclic) bond motifs is 1. The Morgan fingerprint density at radius 2 is 1.57 bits per heavy atom. The van der Waals surface area contributed by atoms with E-state index in [1.165, 1.54) is 4.68 Å². The van der Waals surface area contributed by atoms with Crippen LogP contribution in [0.15, 0.2) is 84.9 Å². The van der Waals surface area contributed by atoms with Crippen LogP contribution >= 0.6 is 0 Å². The first-order valence-corrected chi connectivity index (χ1v) is 9.60. The number of hydrogen-bond donors (Lipinski definition) is 3. The predicted molar refractivity (Wildman–Crippen MR) is 118 cm³/mol. The topological polar surface area (TPSA) is 93.8 Å². The van der Waals surface area contributed by atoms with Crippen LogP contribution in [0.25, 0.3) is 22.2 Å². The van der Waals surface area contributed by atoms with Crippen molar-refractivity contribution in [2.45, 2.75) is 6.61 Å². The van der Waals surface area contributed by atoms with Crippen molar-refractivity contribution < 1.29 is 4.74 Å². The molecule has 0 radical (unpaired) electrons. The molecular weight excluding hydrogens is 376 g/mol. The average molecular weight is 396 g/mol. The van der Waals surface area contributed by atoms with Gasteiger partial charge in [0, 0.05) is 16.5 Å². The first kappa shape index (κ1) is 17.8. The van der Waals surface area contributed by atoms with Crippen LogP contribution in [0.3, 0.4) is 0 Å². The van der Waals surface area contributed by atoms with Crippen LogP contribution in [0.1, 0.15) is 5.82 Å².